The fraction of sp³-hybridized carbons (Fsp3) is 0.333. The van der Waals surface area contributed by atoms with Crippen LogP contribution in [0.5, 0.6) is 0 Å². The molecule has 0 saturated carbocycles. The van der Waals surface area contributed by atoms with Crippen LogP contribution in [0.1, 0.15) is 47.1 Å². The Balaban J connectivity index is 2.15. The van der Waals surface area contributed by atoms with Crippen LogP contribution < -0.4 is 5.32 Å². The lowest BCUT2D eigenvalue weighted by Crippen LogP contribution is -2.31. The van der Waals surface area contributed by atoms with Crippen LogP contribution in [0.3, 0.4) is 0 Å². The smallest absolute Gasteiger partial charge is 0.308 e. The number of hydrogen-bond donors (Lipinski definition) is 1. The first-order valence-corrected chi connectivity index (χ1v) is 8.44. The zero-order valence-corrected chi connectivity index (χ0v) is 14.4. The zero-order chi connectivity index (χ0) is 16.8. The summed E-state index contributed by atoms with van der Waals surface area (Å²) in [5, 5.41) is 4.84. The number of thiophene rings is 1. The predicted molar refractivity (Wildman–Crippen MR) is 91.6 cm³/mol. The van der Waals surface area contributed by atoms with E-state index in [0.29, 0.717) is 4.88 Å². The third-order valence-electron chi connectivity index (χ3n) is 3.31. The molecule has 0 spiro atoms. The molecule has 0 aliphatic heterocycles. The quantitative estimate of drug-likeness (QED) is 0.818. The topological polar surface area (TPSA) is 55.4 Å². The van der Waals surface area contributed by atoms with Crippen LogP contribution in [0.25, 0.3) is 0 Å². The van der Waals surface area contributed by atoms with Crippen molar-refractivity contribution in [2.75, 3.05) is 0 Å². The Bertz CT molecular complexity index is 664. The van der Waals surface area contributed by atoms with E-state index in [1.54, 1.807) is 0 Å². The third kappa shape index (κ3) is 4.93. The van der Waals surface area contributed by atoms with E-state index in [9.17, 15) is 9.59 Å². The summed E-state index contributed by atoms with van der Waals surface area (Å²) in [4.78, 5) is 25.1. The lowest BCUT2D eigenvalue weighted by atomic mass is 10.0. The lowest BCUT2D eigenvalue weighted by molar-refractivity contribution is -0.147. The van der Waals surface area contributed by atoms with E-state index >= 15 is 0 Å². The monoisotopic (exact) mass is 331 g/mol. The van der Waals surface area contributed by atoms with Crippen LogP contribution in [0, 0.1) is 6.92 Å². The number of amides is 1. The zero-order valence-electron chi connectivity index (χ0n) is 13.5. The summed E-state index contributed by atoms with van der Waals surface area (Å²) in [5.41, 5.74) is 1.82. The van der Waals surface area contributed by atoms with Gasteiger partial charge in [-0.3, -0.25) is 9.59 Å². The number of carbonyl (C=O) groups excluding carboxylic acids is 2. The summed E-state index contributed by atoms with van der Waals surface area (Å²) in [6.45, 7) is 5.52. The Labute approximate surface area is 140 Å². The highest BCUT2D eigenvalue weighted by Gasteiger charge is 2.21. The first kappa shape index (κ1) is 17.2. The van der Waals surface area contributed by atoms with Crippen molar-refractivity contribution in [2.24, 2.45) is 0 Å². The molecule has 0 saturated heterocycles. The van der Waals surface area contributed by atoms with Crippen molar-refractivity contribution in [1.29, 1.82) is 0 Å². The maximum absolute atomic E-state index is 12.5. The summed E-state index contributed by atoms with van der Waals surface area (Å²) in [7, 11) is 0. The largest absolute Gasteiger partial charge is 0.463 e. The van der Waals surface area contributed by atoms with Gasteiger partial charge in [-0.2, -0.15) is 0 Å². The molecule has 1 N–H and O–H groups in total. The lowest BCUT2D eigenvalue weighted by Gasteiger charge is -2.19. The molecule has 2 aromatic rings. The first-order chi connectivity index (χ1) is 11.0. The number of benzene rings is 1. The van der Waals surface area contributed by atoms with Crippen molar-refractivity contribution in [3.63, 3.8) is 0 Å². The first-order valence-electron chi connectivity index (χ1n) is 7.56. The third-order valence-corrected chi connectivity index (χ3v) is 4.33. The maximum atomic E-state index is 12.5. The highest BCUT2D eigenvalue weighted by molar-refractivity contribution is 7.12. The molecule has 1 aromatic heterocycles. The highest BCUT2D eigenvalue weighted by atomic mass is 32.1. The minimum atomic E-state index is -0.406. The number of carbonyl (C=O) groups is 2. The van der Waals surface area contributed by atoms with E-state index in [-0.39, 0.29) is 24.4 Å². The van der Waals surface area contributed by atoms with Crippen molar-refractivity contribution in [2.45, 2.75) is 39.3 Å². The molecule has 4 nitrogen and oxygen atoms in total. The molecule has 0 aliphatic carbocycles. The second-order valence-electron chi connectivity index (χ2n) is 5.61. The number of aryl methyl sites for hydroxylation is 1. The summed E-state index contributed by atoms with van der Waals surface area (Å²) in [6.07, 6.45) is -0.0626. The molecule has 1 heterocycles. The molecule has 0 bridgehead atoms. The van der Waals surface area contributed by atoms with Gasteiger partial charge in [-0.05, 0) is 43.3 Å². The number of esters is 1. The van der Waals surface area contributed by atoms with Gasteiger partial charge < -0.3 is 10.1 Å². The van der Waals surface area contributed by atoms with E-state index in [1.165, 1.54) is 11.3 Å². The molecule has 23 heavy (non-hydrogen) atoms. The van der Waals surface area contributed by atoms with E-state index < -0.39 is 6.04 Å². The Morgan fingerprint density at radius 2 is 1.87 bits per heavy atom. The van der Waals surface area contributed by atoms with Crippen molar-refractivity contribution < 1.29 is 14.3 Å². The van der Waals surface area contributed by atoms with Crippen LogP contribution in [-0.2, 0) is 9.53 Å². The van der Waals surface area contributed by atoms with Gasteiger partial charge >= 0.3 is 5.97 Å². The van der Waals surface area contributed by atoms with Crippen LogP contribution in [0.4, 0.5) is 0 Å². The number of hydrogen-bond acceptors (Lipinski definition) is 4. The van der Waals surface area contributed by atoms with Gasteiger partial charge in [0.1, 0.15) is 0 Å². The summed E-state index contributed by atoms with van der Waals surface area (Å²) in [5.74, 6) is -0.485. The molecule has 1 unspecified atom stereocenters. The normalized spacial score (nSPS) is 12.0. The Morgan fingerprint density at radius 1 is 1.17 bits per heavy atom. The Hall–Kier alpha value is -2.14. The summed E-state index contributed by atoms with van der Waals surface area (Å²) < 4.78 is 5.21. The van der Waals surface area contributed by atoms with E-state index in [2.05, 4.69) is 5.32 Å². The molecule has 0 radical (unpaired) electrons. The standard InChI is InChI=1S/C18H21NO3S/c1-12(2)22-16(20)11-15(14-7-5-4-6-8-14)19-18(21)17-13(3)9-10-23-17/h4-10,12,15H,11H2,1-3H3,(H,19,21). The van der Waals surface area contributed by atoms with Gasteiger partial charge in [0.2, 0.25) is 0 Å². The van der Waals surface area contributed by atoms with E-state index in [0.717, 1.165) is 11.1 Å². The molecular formula is C18H21NO3S. The molecule has 1 atom stereocenters. The van der Waals surface area contributed by atoms with E-state index in [1.807, 2.05) is 62.5 Å². The molecule has 5 heteroatoms. The SMILES string of the molecule is Cc1ccsc1C(=O)NC(CC(=O)OC(C)C)c1ccccc1. The van der Waals surface area contributed by atoms with Crippen LogP contribution in [0.2, 0.25) is 0 Å². The molecule has 1 amide bonds. The van der Waals surface area contributed by atoms with Gasteiger partial charge in [0.15, 0.2) is 0 Å². The average Bonchev–Trinajstić information content (AvgIpc) is 2.93. The van der Waals surface area contributed by atoms with Crippen molar-refractivity contribution >= 4 is 23.2 Å². The van der Waals surface area contributed by atoms with Crippen molar-refractivity contribution in [3.8, 4) is 0 Å². The Kier molecular flexibility index (Phi) is 5.93. The van der Waals surface area contributed by atoms with Gasteiger partial charge in [0.25, 0.3) is 5.91 Å². The van der Waals surface area contributed by atoms with Crippen molar-refractivity contribution in [3.05, 3.63) is 57.8 Å². The van der Waals surface area contributed by atoms with Gasteiger partial charge in [0.05, 0.1) is 23.4 Å². The number of nitrogens with one attached hydrogen (secondary N) is 1. The summed E-state index contributed by atoms with van der Waals surface area (Å²) >= 11 is 1.40. The summed E-state index contributed by atoms with van der Waals surface area (Å²) in [6, 6.07) is 11.0. The fourth-order valence-electron chi connectivity index (χ4n) is 2.24. The van der Waals surface area contributed by atoms with Crippen LogP contribution in [-0.4, -0.2) is 18.0 Å². The number of ether oxygens (including phenoxy) is 1. The minimum Gasteiger partial charge on any atom is -0.463 e. The molecule has 0 aliphatic rings. The van der Waals surface area contributed by atoms with Crippen molar-refractivity contribution in [1.82, 2.24) is 5.32 Å². The molecule has 0 fully saturated rings. The minimum absolute atomic E-state index is 0.109. The van der Waals surface area contributed by atoms with Gasteiger partial charge in [-0.15, -0.1) is 11.3 Å². The van der Waals surface area contributed by atoms with Crippen LogP contribution >= 0.6 is 11.3 Å². The van der Waals surface area contributed by atoms with Gasteiger partial charge in [0, 0.05) is 0 Å². The predicted octanol–water partition coefficient (Wildman–Crippen LogP) is 3.87. The Morgan fingerprint density at radius 3 is 2.43 bits per heavy atom. The van der Waals surface area contributed by atoms with Gasteiger partial charge in [-0.25, -0.2) is 0 Å². The highest BCUT2D eigenvalue weighted by Crippen LogP contribution is 2.21. The van der Waals surface area contributed by atoms with Crippen LogP contribution in [0.15, 0.2) is 41.8 Å². The fourth-order valence-corrected chi connectivity index (χ4v) is 3.07. The molecular weight excluding hydrogens is 310 g/mol. The second kappa shape index (κ2) is 7.92. The molecule has 1 aromatic carbocycles. The molecule has 122 valence electrons. The average molecular weight is 331 g/mol. The van der Waals surface area contributed by atoms with Gasteiger partial charge in [-0.1, -0.05) is 30.3 Å². The number of rotatable bonds is 6. The second-order valence-corrected chi connectivity index (χ2v) is 6.53. The maximum Gasteiger partial charge on any atom is 0.308 e. The van der Waals surface area contributed by atoms with E-state index in [4.69, 9.17) is 4.74 Å². The molecule has 2 rings (SSSR count).